The van der Waals surface area contributed by atoms with E-state index in [-0.39, 0.29) is 18.7 Å². The number of rotatable bonds is 24. The molecule has 0 aliphatic heterocycles. The fraction of sp³-hybridized carbons (Fsp3) is 0.962. The predicted molar refractivity (Wildman–Crippen MR) is 129 cm³/mol. The molecule has 0 aliphatic rings. The summed E-state index contributed by atoms with van der Waals surface area (Å²) in [5, 5.41) is 12.2. The van der Waals surface area contributed by atoms with Crippen molar-refractivity contribution in [3.63, 3.8) is 0 Å². The highest BCUT2D eigenvalue weighted by Gasteiger charge is 2.14. The number of carbonyl (C=O) groups excluding carboxylic acids is 1. The van der Waals surface area contributed by atoms with Crippen LogP contribution in [0.5, 0.6) is 0 Å². The molecule has 0 heterocycles. The van der Waals surface area contributed by atoms with Crippen LogP contribution in [0.1, 0.15) is 136 Å². The topological polar surface area (TPSA) is 58.6 Å². The number of esters is 1. The molecular weight excluding hydrogens is 374 g/mol. The molecule has 0 amide bonds. The minimum Gasteiger partial charge on any atom is -0.462 e. The maximum atomic E-state index is 12.3. The number of aliphatic hydroxyl groups is 1. The Labute approximate surface area is 187 Å². The summed E-state index contributed by atoms with van der Waals surface area (Å²) in [7, 11) is 0. The number of hydrogen-bond acceptors (Lipinski definition) is 4. The van der Waals surface area contributed by atoms with Gasteiger partial charge in [-0.1, -0.05) is 78.1 Å². The average molecular weight is 428 g/mol. The van der Waals surface area contributed by atoms with Crippen LogP contribution in [0.15, 0.2) is 0 Å². The predicted octanol–water partition coefficient (Wildman–Crippen LogP) is 6.93. The van der Waals surface area contributed by atoms with Gasteiger partial charge < -0.3 is 15.2 Å². The molecule has 0 spiro atoms. The lowest BCUT2D eigenvalue weighted by atomic mass is 10.0. The highest BCUT2D eigenvalue weighted by molar-refractivity contribution is 5.69. The van der Waals surface area contributed by atoms with Gasteiger partial charge in [0.2, 0.25) is 0 Å². The van der Waals surface area contributed by atoms with Gasteiger partial charge in [0.1, 0.15) is 6.10 Å². The van der Waals surface area contributed by atoms with Crippen molar-refractivity contribution in [3.05, 3.63) is 0 Å². The summed E-state index contributed by atoms with van der Waals surface area (Å²) in [6.45, 7) is 6.81. The highest BCUT2D eigenvalue weighted by atomic mass is 16.5. The van der Waals surface area contributed by atoms with E-state index in [0.29, 0.717) is 6.42 Å². The highest BCUT2D eigenvalue weighted by Crippen LogP contribution is 2.17. The number of unbranched alkanes of at least 4 members (excludes halogenated alkanes) is 12. The molecule has 0 fully saturated rings. The fourth-order valence-electron chi connectivity index (χ4n) is 3.82. The molecule has 0 radical (unpaired) electrons. The van der Waals surface area contributed by atoms with E-state index < -0.39 is 0 Å². The summed E-state index contributed by atoms with van der Waals surface area (Å²) in [4.78, 5) is 12.3. The van der Waals surface area contributed by atoms with Crippen LogP contribution in [0.3, 0.4) is 0 Å². The van der Waals surface area contributed by atoms with Crippen LogP contribution in [-0.4, -0.2) is 36.9 Å². The van der Waals surface area contributed by atoms with E-state index >= 15 is 0 Å². The van der Waals surface area contributed by atoms with Crippen molar-refractivity contribution in [1.29, 1.82) is 0 Å². The summed E-state index contributed by atoms with van der Waals surface area (Å²) >= 11 is 0. The van der Waals surface area contributed by atoms with Crippen LogP contribution >= 0.6 is 0 Å². The maximum absolute atomic E-state index is 12.3. The molecule has 0 saturated heterocycles. The van der Waals surface area contributed by atoms with Gasteiger partial charge in [-0.15, -0.1) is 0 Å². The molecule has 0 aromatic rings. The second kappa shape index (κ2) is 24.7. The first-order chi connectivity index (χ1) is 14.7. The molecule has 30 heavy (non-hydrogen) atoms. The standard InChI is InChI=1S/C26H53NO3/c1-3-5-7-9-10-14-20-25(19-13-8-6-4-2)30-26(29)21-15-11-12-16-22-27-23-17-18-24-28/h25,27-28H,3-24H2,1-2H3. The molecule has 4 heteroatoms. The summed E-state index contributed by atoms with van der Waals surface area (Å²) in [5.74, 6) is 0.0172. The van der Waals surface area contributed by atoms with Crippen molar-refractivity contribution in [2.45, 2.75) is 142 Å². The smallest absolute Gasteiger partial charge is 0.306 e. The fourth-order valence-corrected chi connectivity index (χ4v) is 3.82. The van der Waals surface area contributed by atoms with Gasteiger partial charge in [0.05, 0.1) is 0 Å². The molecule has 0 bridgehead atoms. The van der Waals surface area contributed by atoms with Gasteiger partial charge >= 0.3 is 5.97 Å². The number of nitrogens with one attached hydrogen (secondary N) is 1. The number of carbonyl (C=O) groups is 1. The Balaban J connectivity index is 3.83. The lowest BCUT2D eigenvalue weighted by Crippen LogP contribution is -2.18. The second-order valence-electron chi connectivity index (χ2n) is 8.86. The monoisotopic (exact) mass is 427 g/mol. The molecule has 0 saturated carbocycles. The van der Waals surface area contributed by atoms with Gasteiger partial charge in [-0.3, -0.25) is 4.79 Å². The third-order valence-electron chi connectivity index (χ3n) is 5.80. The van der Waals surface area contributed by atoms with Gasteiger partial charge in [0.25, 0.3) is 0 Å². The zero-order valence-electron chi connectivity index (χ0n) is 20.4. The van der Waals surface area contributed by atoms with Gasteiger partial charge in [-0.05, 0) is 64.5 Å². The molecule has 180 valence electrons. The minimum atomic E-state index is 0.0172. The van der Waals surface area contributed by atoms with Crippen molar-refractivity contribution >= 4 is 5.97 Å². The normalized spacial score (nSPS) is 12.2. The Kier molecular flexibility index (Phi) is 24.2. The maximum Gasteiger partial charge on any atom is 0.306 e. The lowest BCUT2D eigenvalue weighted by molar-refractivity contribution is -0.150. The quantitative estimate of drug-likeness (QED) is 0.129. The SMILES string of the molecule is CCCCCCCCC(CCCCCC)OC(=O)CCCCCCNCCCCO. The molecule has 0 aliphatic carbocycles. The van der Waals surface area contributed by atoms with Gasteiger partial charge in [0.15, 0.2) is 0 Å². The minimum absolute atomic E-state index is 0.0172. The molecule has 0 rings (SSSR count). The van der Waals surface area contributed by atoms with Crippen molar-refractivity contribution < 1.29 is 14.6 Å². The summed E-state index contributed by atoms with van der Waals surface area (Å²) in [5.41, 5.74) is 0. The van der Waals surface area contributed by atoms with Gasteiger partial charge in [0, 0.05) is 13.0 Å². The third-order valence-corrected chi connectivity index (χ3v) is 5.80. The largest absolute Gasteiger partial charge is 0.462 e. The zero-order chi connectivity index (χ0) is 22.1. The first kappa shape index (κ1) is 29.4. The van der Waals surface area contributed by atoms with E-state index in [4.69, 9.17) is 9.84 Å². The molecule has 0 aromatic heterocycles. The van der Waals surface area contributed by atoms with Crippen LogP contribution < -0.4 is 5.32 Å². The molecule has 4 nitrogen and oxygen atoms in total. The number of aliphatic hydroxyl groups excluding tert-OH is 1. The Morgan fingerprint density at radius 2 is 1.20 bits per heavy atom. The van der Waals surface area contributed by atoms with E-state index in [1.807, 2.05) is 0 Å². The summed E-state index contributed by atoms with van der Waals surface area (Å²) in [6, 6.07) is 0. The van der Waals surface area contributed by atoms with E-state index in [1.165, 1.54) is 70.6 Å². The average Bonchev–Trinajstić information content (AvgIpc) is 2.74. The van der Waals surface area contributed by atoms with Gasteiger partial charge in [-0.25, -0.2) is 0 Å². The van der Waals surface area contributed by atoms with Crippen LogP contribution in [0.4, 0.5) is 0 Å². The Hall–Kier alpha value is -0.610. The van der Waals surface area contributed by atoms with Crippen molar-refractivity contribution in [1.82, 2.24) is 5.32 Å². The van der Waals surface area contributed by atoms with Crippen LogP contribution in [0, 0.1) is 0 Å². The van der Waals surface area contributed by atoms with Crippen molar-refractivity contribution in [3.8, 4) is 0 Å². The first-order valence-corrected chi connectivity index (χ1v) is 13.3. The van der Waals surface area contributed by atoms with Crippen LogP contribution in [-0.2, 0) is 9.53 Å². The van der Waals surface area contributed by atoms with E-state index in [9.17, 15) is 4.79 Å². The van der Waals surface area contributed by atoms with Gasteiger partial charge in [-0.2, -0.15) is 0 Å². The summed E-state index contributed by atoms with van der Waals surface area (Å²) in [6.07, 6.45) is 21.9. The molecule has 1 unspecified atom stereocenters. The van der Waals surface area contributed by atoms with Crippen molar-refractivity contribution in [2.75, 3.05) is 19.7 Å². The van der Waals surface area contributed by atoms with E-state index in [1.54, 1.807) is 0 Å². The lowest BCUT2D eigenvalue weighted by Gasteiger charge is -2.18. The first-order valence-electron chi connectivity index (χ1n) is 13.3. The van der Waals surface area contributed by atoms with Crippen LogP contribution in [0.25, 0.3) is 0 Å². The zero-order valence-corrected chi connectivity index (χ0v) is 20.4. The Bertz CT molecular complexity index is 349. The van der Waals surface area contributed by atoms with E-state index in [0.717, 1.165) is 58.0 Å². The number of hydrogen-bond donors (Lipinski definition) is 2. The molecule has 0 aromatic carbocycles. The summed E-state index contributed by atoms with van der Waals surface area (Å²) < 4.78 is 5.87. The van der Waals surface area contributed by atoms with Crippen molar-refractivity contribution in [2.24, 2.45) is 0 Å². The third kappa shape index (κ3) is 22.1. The molecular formula is C26H53NO3. The molecule has 2 N–H and O–H groups in total. The van der Waals surface area contributed by atoms with Crippen LogP contribution in [0.2, 0.25) is 0 Å². The Morgan fingerprint density at radius 3 is 1.83 bits per heavy atom. The molecule has 1 atom stereocenters. The van der Waals surface area contributed by atoms with E-state index in [2.05, 4.69) is 19.2 Å². The number of ether oxygens (including phenoxy) is 1. The second-order valence-corrected chi connectivity index (χ2v) is 8.86. The Morgan fingerprint density at radius 1 is 0.700 bits per heavy atom.